The molecule has 0 bridgehead atoms. The zero-order valence-corrected chi connectivity index (χ0v) is 9.54. The number of rotatable bonds is 4. The lowest BCUT2D eigenvalue weighted by molar-refractivity contribution is 0.618. The van der Waals surface area contributed by atoms with E-state index in [1.165, 1.54) is 0 Å². The van der Waals surface area contributed by atoms with E-state index in [1.54, 1.807) is 0 Å². The lowest BCUT2D eigenvalue weighted by Gasteiger charge is -2.14. The fraction of sp³-hybridized carbons (Fsp3) is 0.500. The molecule has 0 spiro atoms. The molecule has 0 amide bonds. The lowest BCUT2D eigenvalue weighted by atomic mass is 10.1. The van der Waals surface area contributed by atoms with Crippen LogP contribution in [0.25, 0.3) is 0 Å². The average Bonchev–Trinajstić information content (AvgIpc) is 2.24. The SMILES string of the molecule is C#CC(NCCC)c1cc(C)nnc1C. The van der Waals surface area contributed by atoms with Gasteiger partial charge in [-0.3, -0.25) is 5.32 Å². The molecule has 1 aromatic heterocycles. The van der Waals surface area contributed by atoms with Crippen LogP contribution in [0.15, 0.2) is 6.07 Å². The summed E-state index contributed by atoms with van der Waals surface area (Å²) in [7, 11) is 0. The molecule has 1 unspecified atom stereocenters. The van der Waals surface area contributed by atoms with E-state index in [-0.39, 0.29) is 6.04 Å². The summed E-state index contributed by atoms with van der Waals surface area (Å²) in [5, 5.41) is 11.4. The predicted molar refractivity (Wildman–Crippen MR) is 61.4 cm³/mol. The topological polar surface area (TPSA) is 37.8 Å². The van der Waals surface area contributed by atoms with Crippen LogP contribution in [0, 0.1) is 26.2 Å². The Kier molecular flexibility index (Phi) is 4.26. The lowest BCUT2D eigenvalue weighted by Crippen LogP contribution is -2.22. The van der Waals surface area contributed by atoms with Crippen molar-refractivity contribution in [1.82, 2.24) is 15.5 Å². The zero-order valence-electron chi connectivity index (χ0n) is 9.54. The molecule has 0 aliphatic heterocycles. The van der Waals surface area contributed by atoms with Crippen LogP contribution in [-0.4, -0.2) is 16.7 Å². The molecule has 3 heteroatoms. The number of aromatic nitrogens is 2. The van der Waals surface area contributed by atoms with E-state index in [0.29, 0.717) is 0 Å². The number of hydrogen-bond acceptors (Lipinski definition) is 3. The zero-order chi connectivity index (χ0) is 11.3. The predicted octanol–water partition coefficient (Wildman–Crippen LogP) is 1.77. The Morgan fingerprint density at radius 1 is 1.47 bits per heavy atom. The van der Waals surface area contributed by atoms with E-state index < -0.39 is 0 Å². The van der Waals surface area contributed by atoms with Crippen molar-refractivity contribution in [3.05, 3.63) is 23.0 Å². The normalized spacial score (nSPS) is 12.1. The number of nitrogens with zero attached hydrogens (tertiary/aromatic N) is 2. The first kappa shape index (κ1) is 11.7. The third kappa shape index (κ3) is 3.03. The molecule has 3 nitrogen and oxygen atoms in total. The first-order valence-electron chi connectivity index (χ1n) is 5.19. The number of hydrogen-bond donors (Lipinski definition) is 1. The second-order valence-electron chi connectivity index (χ2n) is 3.58. The van der Waals surface area contributed by atoms with Crippen LogP contribution in [-0.2, 0) is 0 Å². The first-order valence-corrected chi connectivity index (χ1v) is 5.19. The van der Waals surface area contributed by atoms with Gasteiger partial charge in [-0.05, 0) is 32.9 Å². The summed E-state index contributed by atoms with van der Waals surface area (Å²) in [5.74, 6) is 2.74. The molecule has 1 atom stereocenters. The highest BCUT2D eigenvalue weighted by Crippen LogP contribution is 2.15. The number of aryl methyl sites for hydroxylation is 2. The van der Waals surface area contributed by atoms with Gasteiger partial charge >= 0.3 is 0 Å². The highest BCUT2D eigenvalue weighted by molar-refractivity contribution is 5.29. The molecule has 1 aromatic rings. The maximum atomic E-state index is 5.50. The van der Waals surface area contributed by atoms with Crippen LogP contribution >= 0.6 is 0 Å². The Hall–Kier alpha value is -1.40. The minimum atomic E-state index is -0.0563. The minimum absolute atomic E-state index is 0.0563. The Morgan fingerprint density at radius 3 is 2.80 bits per heavy atom. The molecule has 0 fully saturated rings. The van der Waals surface area contributed by atoms with Crippen molar-refractivity contribution in [3.63, 3.8) is 0 Å². The monoisotopic (exact) mass is 203 g/mol. The molecular weight excluding hydrogens is 186 g/mol. The molecular formula is C12H17N3. The summed E-state index contributed by atoms with van der Waals surface area (Å²) in [6.45, 7) is 6.88. The van der Waals surface area contributed by atoms with Crippen LogP contribution in [0.5, 0.6) is 0 Å². The van der Waals surface area contributed by atoms with Gasteiger partial charge in [-0.25, -0.2) is 0 Å². The van der Waals surface area contributed by atoms with Gasteiger partial charge in [0.1, 0.15) is 0 Å². The van der Waals surface area contributed by atoms with E-state index in [1.807, 2.05) is 19.9 Å². The summed E-state index contributed by atoms with van der Waals surface area (Å²) in [6, 6.07) is 1.94. The van der Waals surface area contributed by atoms with Gasteiger partial charge in [0, 0.05) is 5.56 Å². The summed E-state index contributed by atoms with van der Waals surface area (Å²) < 4.78 is 0. The van der Waals surface area contributed by atoms with Crippen LogP contribution < -0.4 is 5.32 Å². The maximum absolute atomic E-state index is 5.50. The molecule has 0 saturated carbocycles. The number of terminal acetylenes is 1. The Balaban J connectivity index is 2.91. The van der Waals surface area contributed by atoms with Crippen molar-refractivity contribution < 1.29 is 0 Å². The highest BCUT2D eigenvalue weighted by Gasteiger charge is 2.11. The van der Waals surface area contributed by atoms with Crippen molar-refractivity contribution in [3.8, 4) is 12.3 Å². The van der Waals surface area contributed by atoms with Gasteiger partial charge in [-0.1, -0.05) is 12.8 Å². The minimum Gasteiger partial charge on any atom is -0.300 e. The van der Waals surface area contributed by atoms with Crippen molar-refractivity contribution in [1.29, 1.82) is 0 Å². The molecule has 80 valence electrons. The second kappa shape index (κ2) is 5.47. The van der Waals surface area contributed by atoms with Crippen LogP contribution in [0.2, 0.25) is 0 Å². The smallest absolute Gasteiger partial charge is 0.0962 e. The second-order valence-corrected chi connectivity index (χ2v) is 3.58. The van der Waals surface area contributed by atoms with Gasteiger partial charge in [0.2, 0.25) is 0 Å². The van der Waals surface area contributed by atoms with Gasteiger partial charge in [-0.2, -0.15) is 10.2 Å². The summed E-state index contributed by atoms with van der Waals surface area (Å²) in [4.78, 5) is 0. The van der Waals surface area contributed by atoms with Gasteiger partial charge in [-0.15, -0.1) is 6.42 Å². The quantitative estimate of drug-likeness (QED) is 0.758. The molecule has 0 aliphatic rings. The maximum Gasteiger partial charge on any atom is 0.0962 e. The standard InChI is InChI=1S/C12H17N3/c1-5-7-13-12(6-2)11-8-9(3)14-15-10(11)4/h2,8,12-13H,5,7H2,1,3-4H3. The van der Waals surface area contributed by atoms with Crippen molar-refractivity contribution in [2.45, 2.75) is 33.2 Å². The van der Waals surface area contributed by atoms with E-state index in [0.717, 1.165) is 29.9 Å². The summed E-state index contributed by atoms with van der Waals surface area (Å²) in [5.41, 5.74) is 2.85. The van der Waals surface area contributed by atoms with Crippen LogP contribution in [0.3, 0.4) is 0 Å². The Bertz CT molecular complexity index is 366. The molecule has 0 aliphatic carbocycles. The highest BCUT2D eigenvalue weighted by atomic mass is 15.1. The summed E-state index contributed by atoms with van der Waals surface area (Å²) in [6.07, 6.45) is 6.57. The Morgan fingerprint density at radius 2 is 2.20 bits per heavy atom. The van der Waals surface area contributed by atoms with Crippen LogP contribution in [0.1, 0.15) is 36.3 Å². The van der Waals surface area contributed by atoms with E-state index in [9.17, 15) is 0 Å². The van der Waals surface area contributed by atoms with Gasteiger partial charge in [0.05, 0.1) is 17.4 Å². The van der Waals surface area contributed by atoms with Gasteiger partial charge in [0.25, 0.3) is 0 Å². The van der Waals surface area contributed by atoms with E-state index in [4.69, 9.17) is 6.42 Å². The van der Waals surface area contributed by atoms with Crippen molar-refractivity contribution in [2.75, 3.05) is 6.54 Å². The fourth-order valence-corrected chi connectivity index (χ4v) is 1.41. The van der Waals surface area contributed by atoms with Crippen LogP contribution in [0.4, 0.5) is 0 Å². The Labute approximate surface area is 91.3 Å². The third-order valence-corrected chi connectivity index (χ3v) is 2.22. The molecule has 1 N–H and O–H groups in total. The summed E-state index contributed by atoms with van der Waals surface area (Å²) >= 11 is 0. The third-order valence-electron chi connectivity index (χ3n) is 2.22. The number of nitrogens with one attached hydrogen (secondary N) is 1. The van der Waals surface area contributed by atoms with Gasteiger partial charge in [0.15, 0.2) is 0 Å². The first-order chi connectivity index (χ1) is 7.19. The molecule has 0 radical (unpaired) electrons. The van der Waals surface area contributed by atoms with E-state index in [2.05, 4.69) is 28.4 Å². The van der Waals surface area contributed by atoms with Crippen molar-refractivity contribution >= 4 is 0 Å². The molecule has 15 heavy (non-hydrogen) atoms. The fourth-order valence-electron chi connectivity index (χ4n) is 1.41. The molecule has 1 rings (SSSR count). The van der Waals surface area contributed by atoms with Gasteiger partial charge < -0.3 is 0 Å². The average molecular weight is 203 g/mol. The molecule has 1 heterocycles. The molecule has 0 saturated heterocycles. The van der Waals surface area contributed by atoms with E-state index >= 15 is 0 Å². The largest absolute Gasteiger partial charge is 0.300 e. The van der Waals surface area contributed by atoms with Crippen molar-refractivity contribution in [2.24, 2.45) is 0 Å². The molecule has 0 aromatic carbocycles.